The number of hydrogen-bond acceptors (Lipinski definition) is 5. The fourth-order valence-corrected chi connectivity index (χ4v) is 2.69. The van der Waals surface area contributed by atoms with E-state index < -0.39 is 0 Å². The highest BCUT2D eigenvalue weighted by Gasteiger charge is 2.40. The molecule has 1 saturated heterocycles. The first-order chi connectivity index (χ1) is 8.76. The summed E-state index contributed by atoms with van der Waals surface area (Å²) in [6, 6.07) is 2.33. The molecule has 1 aliphatic heterocycles. The molecule has 3 rings (SSSR count). The fraction of sp³-hybridized carbons (Fsp3) is 0.692. The second-order valence-corrected chi connectivity index (χ2v) is 5.05. The molecule has 0 amide bonds. The first-order valence-corrected chi connectivity index (χ1v) is 6.60. The fourth-order valence-electron chi connectivity index (χ4n) is 2.69. The van der Waals surface area contributed by atoms with Crippen LogP contribution in [0.3, 0.4) is 0 Å². The smallest absolute Gasteiger partial charge is 0.223 e. The summed E-state index contributed by atoms with van der Waals surface area (Å²) in [6.07, 6.45) is 5.78. The average Bonchev–Trinajstić information content (AvgIpc) is 2.81. The molecule has 5 nitrogen and oxygen atoms in total. The predicted octanol–water partition coefficient (Wildman–Crippen LogP) is 1.88. The van der Waals surface area contributed by atoms with Crippen LogP contribution in [0.5, 0.6) is 0 Å². The van der Waals surface area contributed by atoms with Crippen molar-refractivity contribution in [3.63, 3.8) is 0 Å². The van der Waals surface area contributed by atoms with Gasteiger partial charge in [-0.05, 0) is 25.8 Å². The molecule has 18 heavy (non-hydrogen) atoms. The second kappa shape index (κ2) is 4.82. The Labute approximate surface area is 107 Å². The standard InChI is InChI=1S/C13H19N3O2/c1-10-4-7-14-12(15-10)16-11-2-5-13(6-3-11)17-8-9-18-13/h4,7,11H,2-3,5-6,8-9H2,1H3,(H,14,15,16). The average molecular weight is 249 g/mol. The van der Waals surface area contributed by atoms with Gasteiger partial charge in [-0.3, -0.25) is 0 Å². The summed E-state index contributed by atoms with van der Waals surface area (Å²) < 4.78 is 11.4. The van der Waals surface area contributed by atoms with Crippen LogP contribution in [0, 0.1) is 6.92 Å². The minimum Gasteiger partial charge on any atom is -0.351 e. The lowest BCUT2D eigenvalue weighted by molar-refractivity contribution is -0.177. The molecular formula is C13H19N3O2. The Kier molecular flexibility index (Phi) is 3.18. The Bertz CT molecular complexity index is 408. The maximum atomic E-state index is 5.72. The molecule has 1 aromatic rings. The maximum Gasteiger partial charge on any atom is 0.223 e. The van der Waals surface area contributed by atoms with Crippen molar-refractivity contribution in [3.05, 3.63) is 18.0 Å². The van der Waals surface area contributed by atoms with Crippen LogP contribution in [0.15, 0.2) is 12.3 Å². The topological polar surface area (TPSA) is 56.3 Å². The summed E-state index contributed by atoms with van der Waals surface area (Å²) in [4.78, 5) is 8.61. The van der Waals surface area contributed by atoms with E-state index in [1.807, 2.05) is 13.0 Å². The van der Waals surface area contributed by atoms with E-state index >= 15 is 0 Å². The Morgan fingerprint density at radius 1 is 1.28 bits per heavy atom. The first-order valence-electron chi connectivity index (χ1n) is 6.60. The summed E-state index contributed by atoms with van der Waals surface area (Å²) in [5.74, 6) is 0.440. The number of aromatic nitrogens is 2. The van der Waals surface area contributed by atoms with Gasteiger partial charge in [-0.1, -0.05) is 0 Å². The zero-order valence-corrected chi connectivity index (χ0v) is 10.7. The van der Waals surface area contributed by atoms with Gasteiger partial charge in [0.2, 0.25) is 5.95 Å². The zero-order chi connectivity index (χ0) is 12.4. The van der Waals surface area contributed by atoms with E-state index in [0.717, 1.165) is 50.5 Å². The predicted molar refractivity (Wildman–Crippen MR) is 67.3 cm³/mol. The van der Waals surface area contributed by atoms with Gasteiger partial charge >= 0.3 is 0 Å². The number of ether oxygens (including phenoxy) is 2. The largest absolute Gasteiger partial charge is 0.351 e. The van der Waals surface area contributed by atoms with Crippen LogP contribution >= 0.6 is 0 Å². The van der Waals surface area contributed by atoms with Gasteiger partial charge in [0.25, 0.3) is 0 Å². The van der Waals surface area contributed by atoms with E-state index in [4.69, 9.17) is 9.47 Å². The normalized spacial score (nSPS) is 23.4. The van der Waals surface area contributed by atoms with Gasteiger partial charge in [0, 0.05) is 30.8 Å². The molecule has 2 fully saturated rings. The number of hydrogen-bond donors (Lipinski definition) is 1. The van der Waals surface area contributed by atoms with Gasteiger partial charge in [-0.15, -0.1) is 0 Å². The quantitative estimate of drug-likeness (QED) is 0.867. The summed E-state index contributed by atoms with van der Waals surface area (Å²) in [7, 11) is 0. The highest BCUT2D eigenvalue weighted by molar-refractivity contribution is 5.26. The maximum absolute atomic E-state index is 5.72. The van der Waals surface area contributed by atoms with Crippen LogP contribution in [0.25, 0.3) is 0 Å². The first kappa shape index (κ1) is 11.9. The van der Waals surface area contributed by atoms with Crippen LogP contribution in [0.1, 0.15) is 31.4 Å². The van der Waals surface area contributed by atoms with Gasteiger partial charge in [0.15, 0.2) is 5.79 Å². The lowest BCUT2D eigenvalue weighted by atomic mass is 9.90. The Morgan fingerprint density at radius 2 is 2.00 bits per heavy atom. The molecule has 0 atom stereocenters. The van der Waals surface area contributed by atoms with Crippen molar-refractivity contribution in [1.82, 2.24) is 9.97 Å². The lowest BCUT2D eigenvalue weighted by Gasteiger charge is -2.35. The van der Waals surface area contributed by atoms with E-state index in [2.05, 4.69) is 15.3 Å². The molecule has 1 aliphatic carbocycles. The monoisotopic (exact) mass is 249 g/mol. The van der Waals surface area contributed by atoms with Crippen molar-refractivity contribution in [2.75, 3.05) is 18.5 Å². The third-order valence-corrected chi connectivity index (χ3v) is 3.69. The summed E-state index contributed by atoms with van der Waals surface area (Å²) in [5, 5.41) is 3.39. The third kappa shape index (κ3) is 2.47. The van der Waals surface area contributed by atoms with E-state index in [9.17, 15) is 0 Å². The molecule has 0 bridgehead atoms. The molecule has 1 saturated carbocycles. The van der Waals surface area contributed by atoms with Crippen molar-refractivity contribution in [2.24, 2.45) is 0 Å². The van der Waals surface area contributed by atoms with Crippen LogP contribution in [0.2, 0.25) is 0 Å². The van der Waals surface area contributed by atoms with Crippen LogP contribution < -0.4 is 5.32 Å². The van der Waals surface area contributed by atoms with Crippen molar-refractivity contribution in [3.8, 4) is 0 Å². The molecule has 98 valence electrons. The second-order valence-electron chi connectivity index (χ2n) is 5.05. The van der Waals surface area contributed by atoms with Crippen molar-refractivity contribution < 1.29 is 9.47 Å². The van der Waals surface area contributed by atoms with Crippen molar-refractivity contribution >= 4 is 5.95 Å². The van der Waals surface area contributed by atoms with Gasteiger partial charge in [0.05, 0.1) is 13.2 Å². The number of nitrogens with one attached hydrogen (secondary N) is 1. The number of anilines is 1. The summed E-state index contributed by atoms with van der Waals surface area (Å²) in [5.41, 5.74) is 0.988. The molecule has 0 unspecified atom stereocenters. The number of rotatable bonds is 2. The Hall–Kier alpha value is -1.20. The molecule has 5 heteroatoms. The molecule has 2 aliphatic rings. The third-order valence-electron chi connectivity index (χ3n) is 3.69. The molecule has 0 aromatic carbocycles. The molecule has 1 N–H and O–H groups in total. The molecule has 2 heterocycles. The van der Waals surface area contributed by atoms with E-state index in [1.165, 1.54) is 0 Å². The summed E-state index contributed by atoms with van der Waals surface area (Å²) >= 11 is 0. The Balaban J connectivity index is 1.57. The van der Waals surface area contributed by atoms with Crippen LogP contribution in [-0.4, -0.2) is 35.0 Å². The number of aryl methyl sites for hydroxylation is 1. The Morgan fingerprint density at radius 3 is 2.67 bits per heavy atom. The van der Waals surface area contributed by atoms with E-state index in [1.54, 1.807) is 6.20 Å². The highest BCUT2D eigenvalue weighted by atomic mass is 16.7. The van der Waals surface area contributed by atoms with Crippen LogP contribution in [-0.2, 0) is 9.47 Å². The van der Waals surface area contributed by atoms with Gasteiger partial charge in [-0.2, -0.15) is 0 Å². The van der Waals surface area contributed by atoms with Crippen LogP contribution in [0.4, 0.5) is 5.95 Å². The summed E-state index contributed by atoms with van der Waals surface area (Å²) in [6.45, 7) is 3.45. The van der Waals surface area contributed by atoms with E-state index in [0.29, 0.717) is 6.04 Å². The molecule has 0 radical (unpaired) electrons. The minimum atomic E-state index is -0.286. The minimum absolute atomic E-state index is 0.286. The molecule has 1 aromatic heterocycles. The van der Waals surface area contributed by atoms with Crippen molar-refractivity contribution in [1.29, 1.82) is 0 Å². The van der Waals surface area contributed by atoms with Gasteiger partial charge in [0.1, 0.15) is 0 Å². The van der Waals surface area contributed by atoms with Gasteiger partial charge < -0.3 is 14.8 Å². The number of nitrogens with zero attached hydrogens (tertiary/aromatic N) is 2. The molecular weight excluding hydrogens is 230 g/mol. The highest BCUT2D eigenvalue weighted by Crippen LogP contribution is 2.36. The SMILES string of the molecule is Cc1ccnc(NC2CCC3(CC2)OCCO3)n1. The van der Waals surface area contributed by atoms with Crippen molar-refractivity contribution in [2.45, 2.75) is 44.4 Å². The lowest BCUT2D eigenvalue weighted by Crippen LogP contribution is -2.39. The van der Waals surface area contributed by atoms with E-state index in [-0.39, 0.29) is 5.79 Å². The molecule has 1 spiro atoms. The van der Waals surface area contributed by atoms with Gasteiger partial charge in [-0.25, -0.2) is 9.97 Å². The zero-order valence-electron chi connectivity index (χ0n) is 10.7.